The fourth-order valence-corrected chi connectivity index (χ4v) is 3.87. The van der Waals surface area contributed by atoms with Crippen molar-refractivity contribution in [1.82, 2.24) is 14.3 Å². The number of benzene rings is 1. The van der Waals surface area contributed by atoms with E-state index in [1.807, 2.05) is 13.0 Å². The van der Waals surface area contributed by atoms with Crippen molar-refractivity contribution in [2.24, 2.45) is 12.0 Å². The summed E-state index contributed by atoms with van der Waals surface area (Å²) in [6.45, 7) is 2.07. The summed E-state index contributed by atoms with van der Waals surface area (Å²) in [5, 5.41) is 4.18. The number of carbonyl (C=O) groups is 1. The first-order chi connectivity index (χ1) is 12.5. The molecule has 7 nitrogen and oxygen atoms in total. The van der Waals surface area contributed by atoms with Crippen molar-refractivity contribution in [3.63, 3.8) is 0 Å². The number of fused-ring (bicyclic) bond motifs is 1. The Kier molecular flexibility index (Phi) is 4.82. The zero-order chi connectivity index (χ0) is 18.8. The van der Waals surface area contributed by atoms with E-state index in [-0.39, 0.29) is 6.54 Å². The molecule has 0 aliphatic carbocycles. The van der Waals surface area contributed by atoms with Gasteiger partial charge in [-0.3, -0.25) is 9.48 Å². The summed E-state index contributed by atoms with van der Waals surface area (Å²) in [5.74, 6) is 3.48. The number of methoxy groups -OCH3 is 2. The lowest BCUT2D eigenvalue weighted by atomic mass is 10.3. The van der Waals surface area contributed by atoms with Crippen molar-refractivity contribution in [3.8, 4) is 23.8 Å². The Morgan fingerprint density at radius 3 is 2.62 bits per heavy atom. The van der Waals surface area contributed by atoms with Gasteiger partial charge in [0.25, 0.3) is 5.91 Å². The van der Waals surface area contributed by atoms with Crippen LogP contribution in [0.5, 0.6) is 11.5 Å². The van der Waals surface area contributed by atoms with E-state index in [1.54, 1.807) is 42.8 Å². The zero-order valence-corrected chi connectivity index (χ0v) is 15.8. The number of aromatic nitrogens is 3. The molecule has 1 amide bonds. The van der Waals surface area contributed by atoms with E-state index in [1.165, 1.54) is 11.3 Å². The molecule has 0 fully saturated rings. The van der Waals surface area contributed by atoms with Gasteiger partial charge in [-0.05, 0) is 19.1 Å². The molecule has 134 valence electrons. The standard InChI is InChI=1S/C18H18N4O3S/c1-6-9-22-15-12(24-4)7-8-13(25-5)16(15)26-18(22)19-17(23)14-11(2)10-21(3)20-14/h1,7-8,10H,9H2,2-5H3. The van der Waals surface area contributed by atoms with Crippen molar-refractivity contribution in [2.45, 2.75) is 13.5 Å². The highest BCUT2D eigenvalue weighted by Crippen LogP contribution is 2.35. The SMILES string of the molecule is C#CCn1c(=NC(=O)c2nn(C)cc2C)sc2c(OC)ccc(OC)c21. The maximum atomic E-state index is 12.6. The second-order valence-corrected chi connectivity index (χ2v) is 6.55. The smallest absolute Gasteiger partial charge is 0.300 e. The first-order valence-electron chi connectivity index (χ1n) is 7.77. The van der Waals surface area contributed by atoms with Gasteiger partial charge in [0.15, 0.2) is 10.5 Å². The molecule has 0 aliphatic rings. The first kappa shape index (κ1) is 17.8. The fourth-order valence-electron chi connectivity index (χ4n) is 2.74. The number of nitrogens with zero attached hydrogens (tertiary/aromatic N) is 4. The number of hydrogen-bond acceptors (Lipinski definition) is 5. The van der Waals surface area contributed by atoms with Gasteiger partial charge in [0.1, 0.15) is 21.7 Å². The Bertz CT molecular complexity index is 1100. The number of terminal acetylenes is 1. The molecule has 0 N–H and O–H groups in total. The predicted octanol–water partition coefficient (Wildman–Crippen LogP) is 2.14. The largest absolute Gasteiger partial charge is 0.495 e. The van der Waals surface area contributed by atoms with Crippen LogP contribution in [0.1, 0.15) is 16.1 Å². The monoisotopic (exact) mass is 370 g/mol. The fraction of sp³-hybridized carbons (Fsp3) is 0.278. The topological polar surface area (TPSA) is 70.6 Å². The Hall–Kier alpha value is -3.05. The number of amides is 1. The number of hydrogen-bond donors (Lipinski definition) is 0. The normalized spacial score (nSPS) is 11.6. The van der Waals surface area contributed by atoms with Crippen LogP contribution in [-0.4, -0.2) is 34.5 Å². The van der Waals surface area contributed by atoms with Crippen molar-refractivity contribution in [2.75, 3.05) is 14.2 Å². The third-order valence-corrected chi connectivity index (χ3v) is 4.95. The van der Waals surface area contributed by atoms with Gasteiger partial charge < -0.3 is 14.0 Å². The van der Waals surface area contributed by atoms with E-state index in [9.17, 15) is 4.79 Å². The number of ether oxygens (including phenoxy) is 2. The maximum Gasteiger partial charge on any atom is 0.300 e. The second-order valence-electron chi connectivity index (χ2n) is 5.57. The quantitative estimate of drug-likeness (QED) is 0.660. The minimum atomic E-state index is -0.418. The van der Waals surface area contributed by atoms with Crippen LogP contribution in [0.15, 0.2) is 23.3 Å². The molecule has 0 atom stereocenters. The van der Waals surface area contributed by atoms with Gasteiger partial charge in [0, 0.05) is 18.8 Å². The summed E-state index contributed by atoms with van der Waals surface area (Å²) < 4.78 is 15.1. The summed E-state index contributed by atoms with van der Waals surface area (Å²) in [6, 6.07) is 3.61. The molecule has 0 saturated carbocycles. The number of aryl methyl sites for hydroxylation is 2. The van der Waals surface area contributed by atoms with Crippen LogP contribution in [-0.2, 0) is 13.6 Å². The van der Waals surface area contributed by atoms with Crippen molar-refractivity contribution in [3.05, 3.63) is 34.4 Å². The Morgan fingerprint density at radius 1 is 1.35 bits per heavy atom. The Morgan fingerprint density at radius 2 is 2.04 bits per heavy atom. The molecular formula is C18H18N4O3S. The predicted molar refractivity (Wildman–Crippen MR) is 99.6 cm³/mol. The van der Waals surface area contributed by atoms with Gasteiger partial charge in [-0.1, -0.05) is 17.3 Å². The summed E-state index contributed by atoms with van der Waals surface area (Å²) in [7, 11) is 4.93. The van der Waals surface area contributed by atoms with Gasteiger partial charge in [0.05, 0.1) is 20.8 Å². The molecule has 0 radical (unpaired) electrons. The molecule has 0 aliphatic heterocycles. The lowest BCUT2D eigenvalue weighted by Crippen LogP contribution is -2.17. The number of rotatable bonds is 4. The van der Waals surface area contributed by atoms with Crippen molar-refractivity contribution < 1.29 is 14.3 Å². The van der Waals surface area contributed by atoms with Crippen LogP contribution in [0.2, 0.25) is 0 Å². The van der Waals surface area contributed by atoms with E-state index >= 15 is 0 Å². The Balaban J connectivity index is 2.28. The average molecular weight is 370 g/mol. The highest BCUT2D eigenvalue weighted by Gasteiger charge is 2.18. The van der Waals surface area contributed by atoms with Gasteiger partial charge in [-0.25, -0.2) is 0 Å². The molecule has 0 unspecified atom stereocenters. The number of carbonyl (C=O) groups excluding carboxylic acids is 1. The second kappa shape index (κ2) is 7.06. The number of thiazole rings is 1. The molecule has 0 saturated heterocycles. The third kappa shape index (κ3) is 2.97. The van der Waals surface area contributed by atoms with Gasteiger partial charge in [-0.15, -0.1) is 6.42 Å². The third-order valence-electron chi connectivity index (χ3n) is 3.85. The minimum absolute atomic E-state index is 0.247. The molecular weight excluding hydrogens is 352 g/mol. The van der Waals surface area contributed by atoms with Crippen LogP contribution >= 0.6 is 11.3 Å². The van der Waals surface area contributed by atoms with E-state index in [2.05, 4.69) is 16.0 Å². The minimum Gasteiger partial charge on any atom is -0.495 e. The molecule has 3 aromatic rings. The van der Waals surface area contributed by atoms with Crippen molar-refractivity contribution in [1.29, 1.82) is 0 Å². The average Bonchev–Trinajstić information content (AvgIpc) is 3.14. The van der Waals surface area contributed by atoms with Crippen LogP contribution in [0.25, 0.3) is 10.2 Å². The maximum absolute atomic E-state index is 12.6. The summed E-state index contributed by atoms with van der Waals surface area (Å²) >= 11 is 1.32. The molecule has 0 bridgehead atoms. The summed E-state index contributed by atoms with van der Waals surface area (Å²) in [6.07, 6.45) is 7.30. The molecule has 3 rings (SSSR count). The molecule has 2 aromatic heterocycles. The summed E-state index contributed by atoms with van der Waals surface area (Å²) in [4.78, 5) is 17.4. The lowest BCUT2D eigenvalue weighted by Gasteiger charge is -2.08. The molecule has 2 heterocycles. The van der Waals surface area contributed by atoms with E-state index in [0.717, 1.165) is 15.8 Å². The van der Waals surface area contributed by atoms with Gasteiger partial charge in [0.2, 0.25) is 0 Å². The lowest BCUT2D eigenvalue weighted by molar-refractivity contribution is 0.0992. The van der Waals surface area contributed by atoms with Gasteiger partial charge >= 0.3 is 0 Å². The van der Waals surface area contributed by atoms with Crippen molar-refractivity contribution >= 4 is 27.5 Å². The van der Waals surface area contributed by atoms with E-state index in [0.29, 0.717) is 22.0 Å². The van der Waals surface area contributed by atoms with Crippen LogP contribution in [0.4, 0.5) is 0 Å². The Labute approximate surface area is 154 Å². The highest BCUT2D eigenvalue weighted by molar-refractivity contribution is 7.16. The molecule has 26 heavy (non-hydrogen) atoms. The van der Waals surface area contributed by atoms with Crippen LogP contribution in [0, 0.1) is 19.3 Å². The molecule has 8 heteroatoms. The van der Waals surface area contributed by atoms with Crippen LogP contribution < -0.4 is 14.3 Å². The van der Waals surface area contributed by atoms with Gasteiger partial charge in [-0.2, -0.15) is 10.1 Å². The van der Waals surface area contributed by atoms with Crippen LogP contribution in [0.3, 0.4) is 0 Å². The molecule has 1 aromatic carbocycles. The molecule has 0 spiro atoms. The highest BCUT2D eigenvalue weighted by atomic mass is 32.1. The summed E-state index contributed by atoms with van der Waals surface area (Å²) in [5.41, 5.74) is 1.83. The zero-order valence-electron chi connectivity index (χ0n) is 14.9. The van der Waals surface area contributed by atoms with E-state index < -0.39 is 5.91 Å². The first-order valence-corrected chi connectivity index (χ1v) is 8.58. The van der Waals surface area contributed by atoms with E-state index in [4.69, 9.17) is 15.9 Å².